The van der Waals surface area contributed by atoms with Gasteiger partial charge in [0, 0.05) is 29.1 Å². The molecule has 0 atom stereocenters. The van der Waals surface area contributed by atoms with Crippen molar-refractivity contribution in [3.8, 4) is 11.3 Å². The summed E-state index contributed by atoms with van der Waals surface area (Å²) in [6.45, 7) is 5.95. The topological polar surface area (TPSA) is 53.9 Å². The Morgan fingerprint density at radius 1 is 1.20 bits per heavy atom. The van der Waals surface area contributed by atoms with E-state index < -0.39 is 0 Å². The molecule has 0 aliphatic carbocycles. The van der Waals surface area contributed by atoms with E-state index >= 15 is 0 Å². The third-order valence-corrected chi connectivity index (χ3v) is 3.13. The molecule has 3 aromatic heterocycles. The summed E-state index contributed by atoms with van der Waals surface area (Å²) in [5, 5.41) is 1.09. The van der Waals surface area contributed by atoms with Crippen LogP contribution in [0.3, 0.4) is 0 Å². The third kappa shape index (κ3) is 2.20. The van der Waals surface area contributed by atoms with Crippen LogP contribution in [0.2, 0.25) is 0 Å². The van der Waals surface area contributed by atoms with Crippen molar-refractivity contribution in [2.75, 3.05) is 0 Å². The Kier molecular flexibility index (Phi) is 3.06. The van der Waals surface area contributed by atoms with Gasteiger partial charge in [-0.1, -0.05) is 0 Å². The number of pyridine rings is 2. The van der Waals surface area contributed by atoms with E-state index in [0.29, 0.717) is 0 Å². The molecule has 1 N–H and O–H groups in total. The predicted molar refractivity (Wildman–Crippen MR) is 82.5 cm³/mol. The fraction of sp³-hybridized carbons (Fsp3) is 0.188. The van der Waals surface area contributed by atoms with Crippen LogP contribution in [-0.4, -0.2) is 20.7 Å². The van der Waals surface area contributed by atoms with E-state index in [0.717, 1.165) is 39.4 Å². The van der Waals surface area contributed by atoms with E-state index in [1.807, 2.05) is 51.2 Å². The highest BCUT2D eigenvalue weighted by Gasteiger charge is 2.09. The van der Waals surface area contributed by atoms with E-state index in [4.69, 9.17) is 0 Å². The number of hydrogen-bond acceptors (Lipinski definition) is 3. The average Bonchev–Trinajstić information content (AvgIpc) is 2.84. The van der Waals surface area contributed by atoms with Crippen LogP contribution in [0.25, 0.3) is 22.3 Å². The van der Waals surface area contributed by atoms with Crippen LogP contribution in [-0.2, 0) is 0 Å². The number of aromatic amines is 1. The number of aliphatic imine (C=N–C) groups is 1. The standard InChI is InChI=1S/C16H16N4/c1-10(2)19-14-6-7-15(20-11(14)3)13-9-18-16-12(13)5-4-8-17-16/h4-9H,1-3H3,(H,17,18). The number of H-pyrrole nitrogens is 1. The van der Waals surface area contributed by atoms with Crippen molar-refractivity contribution in [1.82, 2.24) is 15.0 Å². The van der Waals surface area contributed by atoms with E-state index in [1.54, 1.807) is 6.20 Å². The smallest absolute Gasteiger partial charge is 0.137 e. The maximum absolute atomic E-state index is 4.66. The lowest BCUT2D eigenvalue weighted by atomic mass is 10.1. The van der Waals surface area contributed by atoms with Gasteiger partial charge in [-0.2, -0.15) is 0 Å². The average molecular weight is 264 g/mol. The molecule has 100 valence electrons. The first-order valence-electron chi connectivity index (χ1n) is 6.57. The molecule has 0 bridgehead atoms. The van der Waals surface area contributed by atoms with Crippen molar-refractivity contribution in [3.05, 3.63) is 42.4 Å². The fourth-order valence-electron chi connectivity index (χ4n) is 2.23. The van der Waals surface area contributed by atoms with Gasteiger partial charge in [-0.3, -0.25) is 9.98 Å². The molecule has 0 aliphatic rings. The lowest BCUT2D eigenvalue weighted by Crippen LogP contribution is -1.88. The lowest BCUT2D eigenvalue weighted by molar-refractivity contribution is 1.19. The highest BCUT2D eigenvalue weighted by molar-refractivity contribution is 5.92. The number of nitrogens with zero attached hydrogens (tertiary/aromatic N) is 3. The van der Waals surface area contributed by atoms with Crippen molar-refractivity contribution >= 4 is 22.4 Å². The molecule has 20 heavy (non-hydrogen) atoms. The van der Waals surface area contributed by atoms with Gasteiger partial charge in [-0.15, -0.1) is 0 Å². The Hall–Kier alpha value is -2.49. The summed E-state index contributed by atoms with van der Waals surface area (Å²) in [5.74, 6) is 0. The maximum Gasteiger partial charge on any atom is 0.137 e. The summed E-state index contributed by atoms with van der Waals surface area (Å²) in [6.07, 6.45) is 3.73. The number of nitrogens with one attached hydrogen (secondary N) is 1. The first-order chi connectivity index (χ1) is 9.65. The van der Waals surface area contributed by atoms with Crippen LogP contribution in [0.1, 0.15) is 19.5 Å². The van der Waals surface area contributed by atoms with Gasteiger partial charge in [0.25, 0.3) is 0 Å². The molecule has 0 aliphatic heterocycles. The van der Waals surface area contributed by atoms with Crippen LogP contribution in [0.5, 0.6) is 0 Å². The van der Waals surface area contributed by atoms with E-state index in [2.05, 4.69) is 19.9 Å². The molecule has 0 radical (unpaired) electrons. The molecule has 3 heterocycles. The van der Waals surface area contributed by atoms with Crippen molar-refractivity contribution < 1.29 is 0 Å². The molecule has 4 nitrogen and oxygen atoms in total. The van der Waals surface area contributed by atoms with E-state index in [9.17, 15) is 0 Å². The Morgan fingerprint density at radius 3 is 2.80 bits per heavy atom. The number of rotatable bonds is 2. The summed E-state index contributed by atoms with van der Waals surface area (Å²) >= 11 is 0. The second kappa shape index (κ2) is 4.89. The molecular weight excluding hydrogens is 248 g/mol. The van der Waals surface area contributed by atoms with Gasteiger partial charge in [-0.25, -0.2) is 4.98 Å². The van der Waals surface area contributed by atoms with Crippen LogP contribution in [0, 0.1) is 6.92 Å². The first-order valence-corrected chi connectivity index (χ1v) is 6.57. The molecule has 0 aromatic carbocycles. The van der Waals surface area contributed by atoms with Gasteiger partial charge >= 0.3 is 0 Å². The molecule has 0 amide bonds. The highest BCUT2D eigenvalue weighted by Crippen LogP contribution is 2.28. The zero-order valence-corrected chi connectivity index (χ0v) is 11.8. The minimum atomic E-state index is 0.883. The minimum absolute atomic E-state index is 0.883. The van der Waals surface area contributed by atoms with Crippen molar-refractivity contribution in [3.63, 3.8) is 0 Å². The van der Waals surface area contributed by atoms with E-state index in [-0.39, 0.29) is 0 Å². The largest absolute Gasteiger partial charge is 0.345 e. The van der Waals surface area contributed by atoms with E-state index in [1.165, 1.54) is 0 Å². The fourth-order valence-corrected chi connectivity index (χ4v) is 2.23. The second-order valence-corrected chi connectivity index (χ2v) is 4.96. The zero-order chi connectivity index (χ0) is 14.1. The van der Waals surface area contributed by atoms with Crippen molar-refractivity contribution in [1.29, 1.82) is 0 Å². The number of fused-ring (bicyclic) bond motifs is 1. The van der Waals surface area contributed by atoms with Crippen molar-refractivity contribution in [2.24, 2.45) is 4.99 Å². The normalized spacial score (nSPS) is 10.8. The lowest BCUT2D eigenvalue weighted by Gasteiger charge is -2.04. The number of aromatic nitrogens is 3. The number of hydrogen-bond donors (Lipinski definition) is 1. The van der Waals surface area contributed by atoms with Crippen LogP contribution >= 0.6 is 0 Å². The van der Waals surface area contributed by atoms with Gasteiger partial charge in [0.1, 0.15) is 5.65 Å². The summed E-state index contributed by atoms with van der Waals surface area (Å²) in [6, 6.07) is 8.00. The Balaban J connectivity index is 2.11. The van der Waals surface area contributed by atoms with Crippen LogP contribution in [0.15, 0.2) is 41.7 Å². The van der Waals surface area contributed by atoms with Gasteiger partial charge in [-0.05, 0) is 45.0 Å². The molecule has 0 spiro atoms. The second-order valence-electron chi connectivity index (χ2n) is 4.96. The molecular formula is C16H16N4. The molecule has 0 saturated heterocycles. The molecule has 0 fully saturated rings. The quantitative estimate of drug-likeness (QED) is 0.710. The molecule has 3 rings (SSSR count). The highest BCUT2D eigenvalue weighted by atomic mass is 14.9. The van der Waals surface area contributed by atoms with Crippen LogP contribution in [0.4, 0.5) is 5.69 Å². The first kappa shape index (κ1) is 12.5. The Morgan fingerprint density at radius 2 is 2.05 bits per heavy atom. The minimum Gasteiger partial charge on any atom is -0.345 e. The monoisotopic (exact) mass is 264 g/mol. The summed E-state index contributed by atoms with van der Waals surface area (Å²) in [5.41, 5.74) is 5.77. The predicted octanol–water partition coefficient (Wildman–Crippen LogP) is 4.05. The maximum atomic E-state index is 4.66. The molecule has 4 heteroatoms. The summed E-state index contributed by atoms with van der Waals surface area (Å²) in [7, 11) is 0. The summed E-state index contributed by atoms with van der Waals surface area (Å²) in [4.78, 5) is 16.6. The van der Waals surface area contributed by atoms with Gasteiger partial charge in [0.05, 0.1) is 17.1 Å². The zero-order valence-electron chi connectivity index (χ0n) is 11.8. The van der Waals surface area contributed by atoms with Gasteiger partial charge in [0.15, 0.2) is 0 Å². The summed E-state index contributed by atoms with van der Waals surface area (Å²) < 4.78 is 0. The molecule has 0 unspecified atom stereocenters. The van der Waals surface area contributed by atoms with Crippen molar-refractivity contribution in [2.45, 2.75) is 20.8 Å². The Labute approximate surface area is 117 Å². The molecule has 3 aromatic rings. The van der Waals surface area contributed by atoms with Crippen LogP contribution < -0.4 is 0 Å². The Bertz CT molecular complexity index is 795. The third-order valence-electron chi connectivity index (χ3n) is 3.13. The van der Waals surface area contributed by atoms with Gasteiger partial charge in [0.2, 0.25) is 0 Å². The molecule has 0 saturated carbocycles. The van der Waals surface area contributed by atoms with Gasteiger partial charge < -0.3 is 4.98 Å². The SMILES string of the molecule is CC(C)=Nc1ccc(-c2c[nH]c3ncccc23)nc1C. The number of aryl methyl sites for hydroxylation is 1.